The van der Waals surface area contributed by atoms with Crippen LogP contribution in [0.15, 0.2) is 40.7 Å². The summed E-state index contributed by atoms with van der Waals surface area (Å²) in [7, 11) is 1.89. The number of aryl methyl sites for hydroxylation is 1. The third-order valence-corrected chi connectivity index (χ3v) is 4.71. The highest BCUT2D eigenvalue weighted by atomic mass is 15.1. The third kappa shape index (κ3) is 2.10. The number of benzene rings is 1. The van der Waals surface area contributed by atoms with E-state index in [0.29, 0.717) is 11.1 Å². The van der Waals surface area contributed by atoms with Crippen LogP contribution in [-0.4, -0.2) is 22.1 Å². The molecule has 5 heteroatoms. The average molecular weight is 303 g/mol. The number of nitrogens with zero attached hydrogens (tertiary/aromatic N) is 4. The van der Waals surface area contributed by atoms with Gasteiger partial charge in [0.1, 0.15) is 0 Å². The highest BCUT2D eigenvalue weighted by Crippen LogP contribution is 2.41. The molecule has 1 N–H and O–H groups in total. The number of hydrogen-bond donors (Lipinski definition) is 1. The van der Waals surface area contributed by atoms with Gasteiger partial charge in [-0.2, -0.15) is 15.6 Å². The Morgan fingerprint density at radius 2 is 1.70 bits per heavy atom. The summed E-state index contributed by atoms with van der Waals surface area (Å²) in [6.07, 6.45) is 0. The zero-order valence-corrected chi connectivity index (χ0v) is 13.6. The normalized spacial score (nSPS) is 16.0. The van der Waals surface area contributed by atoms with Crippen LogP contribution in [0.25, 0.3) is 10.9 Å². The lowest BCUT2D eigenvalue weighted by Gasteiger charge is -2.32. The van der Waals surface area contributed by atoms with E-state index in [1.807, 2.05) is 50.9 Å². The van der Waals surface area contributed by atoms with Crippen molar-refractivity contribution in [2.45, 2.75) is 26.7 Å². The van der Waals surface area contributed by atoms with Crippen molar-refractivity contribution >= 4 is 10.9 Å². The van der Waals surface area contributed by atoms with Gasteiger partial charge < -0.3 is 4.90 Å². The molecule has 0 atom stereocenters. The first-order valence-electron chi connectivity index (χ1n) is 7.39. The summed E-state index contributed by atoms with van der Waals surface area (Å²) in [6.45, 7) is 5.78. The summed E-state index contributed by atoms with van der Waals surface area (Å²) in [4.78, 5) is 1.91. The smallest absolute Gasteiger partial charge is 0.0975 e. The number of nitriles is 2. The van der Waals surface area contributed by atoms with Crippen LogP contribution in [0.3, 0.4) is 0 Å². The maximum absolute atomic E-state index is 9.65. The van der Waals surface area contributed by atoms with E-state index in [0.717, 1.165) is 33.6 Å². The fraction of sp³-hybridized carbons (Fsp3) is 0.278. The first-order chi connectivity index (χ1) is 11.0. The van der Waals surface area contributed by atoms with Crippen molar-refractivity contribution in [3.05, 3.63) is 52.0 Å². The van der Waals surface area contributed by atoms with Crippen molar-refractivity contribution < 1.29 is 0 Å². The Morgan fingerprint density at radius 3 is 2.26 bits per heavy atom. The van der Waals surface area contributed by atoms with Crippen molar-refractivity contribution in [2.75, 3.05) is 7.05 Å². The molecule has 0 radical (unpaired) electrons. The van der Waals surface area contributed by atoms with Crippen LogP contribution in [0.2, 0.25) is 0 Å². The van der Waals surface area contributed by atoms with E-state index < -0.39 is 0 Å². The molecule has 114 valence electrons. The van der Waals surface area contributed by atoms with E-state index >= 15 is 0 Å². The maximum atomic E-state index is 9.65. The van der Waals surface area contributed by atoms with Crippen molar-refractivity contribution in [1.82, 2.24) is 15.1 Å². The Morgan fingerprint density at radius 1 is 1.09 bits per heavy atom. The molecule has 1 aromatic carbocycles. The zero-order valence-electron chi connectivity index (χ0n) is 13.6. The topological polar surface area (TPSA) is 79.5 Å². The molecule has 1 aromatic heterocycles. The van der Waals surface area contributed by atoms with Gasteiger partial charge >= 0.3 is 0 Å². The minimum Gasteiger partial charge on any atom is -0.350 e. The van der Waals surface area contributed by atoms with Gasteiger partial charge in [-0.3, -0.25) is 5.10 Å². The molecule has 0 amide bonds. The second kappa shape index (κ2) is 5.30. The Bertz CT molecular complexity index is 908. The molecule has 0 unspecified atom stereocenters. The van der Waals surface area contributed by atoms with Crippen molar-refractivity contribution in [3.8, 4) is 12.1 Å². The number of allylic oxidation sites excluding steroid dienone is 4. The number of nitrogens with one attached hydrogen (secondary N) is 1. The first-order valence-corrected chi connectivity index (χ1v) is 7.39. The summed E-state index contributed by atoms with van der Waals surface area (Å²) < 4.78 is 0. The van der Waals surface area contributed by atoms with Crippen LogP contribution in [0.4, 0.5) is 0 Å². The molecule has 3 rings (SSSR count). The molecule has 23 heavy (non-hydrogen) atoms. The van der Waals surface area contributed by atoms with E-state index in [4.69, 9.17) is 0 Å². The van der Waals surface area contributed by atoms with E-state index in [1.165, 1.54) is 0 Å². The summed E-state index contributed by atoms with van der Waals surface area (Å²) in [5.41, 5.74) is 5.83. The van der Waals surface area contributed by atoms with Crippen molar-refractivity contribution in [1.29, 1.82) is 10.5 Å². The van der Waals surface area contributed by atoms with Gasteiger partial charge in [-0.05, 0) is 38.5 Å². The van der Waals surface area contributed by atoms with Gasteiger partial charge in [-0.1, -0.05) is 6.07 Å². The van der Waals surface area contributed by atoms with Gasteiger partial charge in [0.25, 0.3) is 0 Å². The molecule has 0 spiro atoms. The van der Waals surface area contributed by atoms with Crippen molar-refractivity contribution in [3.63, 3.8) is 0 Å². The molecule has 0 bridgehead atoms. The predicted molar refractivity (Wildman–Crippen MR) is 88.0 cm³/mol. The summed E-state index contributed by atoms with van der Waals surface area (Å²) in [5, 5.41) is 27.5. The van der Waals surface area contributed by atoms with Crippen LogP contribution in [0, 0.1) is 29.6 Å². The maximum Gasteiger partial charge on any atom is 0.0975 e. The van der Waals surface area contributed by atoms with Gasteiger partial charge in [0.2, 0.25) is 0 Å². The van der Waals surface area contributed by atoms with Crippen LogP contribution < -0.4 is 0 Å². The van der Waals surface area contributed by atoms with Crippen LogP contribution in [0.5, 0.6) is 0 Å². The highest BCUT2D eigenvalue weighted by Gasteiger charge is 2.31. The van der Waals surface area contributed by atoms with Gasteiger partial charge in [-0.25, -0.2) is 0 Å². The molecule has 1 aliphatic rings. The minimum atomic E-state index is -0.320. The number of hydrogen-bond acceptors (Lipinski definition) is 4. The number of fused-ring (bicyclic) bond motifs is 1. The Hall–Kier alpha value is -3.05. The molecular formula is C18H17N5. The summed E-state index contributed by atoms with van der Waals surface area (Å²) >= 11 is 0. The van der Waals surface area contributed by atoms with Crippen LogP contribution >= 0.6 is 0 Å². The number of rotatable bonds is 1. The molecule has 0 saturated heterocycles. The standard InChI is InChI=1S/C18H17N5/c1-10-14-7-13(5-6-17(14)22-21-10)18-15(8-19)11(2)23(4)12(3)16(18)9-20/h5-7,18H,1-4H3,(H,21,22). The molecule has 0 aliphatic carbocycles. The largest absolute Gasteiger partial charge is 0.350 e. The molecular weight excluding hydrogens is 286 g/mol. The van der Waals surface area contributed by atoms with Gasteiger partial charge in [-0.15, -0.1) is 0 Å². The Balaban J connectivity index is 2.27. The SMILES string of the molecule is CC1=C(C#N)C(c2ccc3[nH]nc(C)c3c2)C(C#N)=C(C)N1C. The van der Waals surface area contributed by atoms with Gasteiger partial charge in [0.05, 0.1) is 40.4 Å². The second-order valence-corrected chi connectivity index (χ2v) is 5.83. The molecule has 5 nitrogen and oxygen atoms in total. The fourth-order valence-electron chi connectivity index (χ4n) is 3.14. The monoisotopic (exact) mass is 303 g/mol. The zero-order chi connectivity index (χ0) is 16.7. The Kier molecular flexibility index (Phi) is 3.42. The van der Waals surface area contributed by atoms with Crippen LogP contribution in [0.1, 0.15) is 31.0 Å². The molecule has 0 fully saturated rings. The quantitative estimate of drug-likeness (QED) is 0.874. The number of H-pyrrole nitrogens is 1. The van der Waals surface area contributed by atoms with Crippen molar-refractivity contribution in [2.24, 2.45) is 0 Å². The van der Waals surface area contributed by atoms with E-state index in [1.54, 1.807) is 0 Å². The molecule has 2 heterocycles. The predicted octanol–water partition coefficient (Wildman–Crippen LogP) is 3.50. The average Bonchev–Trinajstić information content (AvgIpc) is 2.93. The highest BCUT2D eigenvalue weighted by molar-refractivity contribution is 5.82. The first kappa shape index (κ1) is 14.9. The molecule has 1 aliphatic heterocycles. The Labute approximate surface area is 135 Å². The fourth-order valence-corrected chi connectivity index (χ4v) is 3.14. The van der Waals surface area contributed by atoms with Gasteiger partial charge in [0, 0.05) is 23.8 Å². The van der Waals surface area contributed by atoms with Gasteiger partial charge in [0.15, 0.2) is 0 Å². The van der Waals surface area contributed by atoms with E-state index in [2.05, 4.69) is 22.3 Å². The number of aromatic amines is 1. The molecule has 0 saturated carbocycles. The van der Waals surface area contributed by atoms with E-state index in [9.17, 15) is 10.5 Å². The summed E-state index contributed by atoms with van der Waals surface area (Å²) in [6, 6.07) is 10.6. The lowest BCUT2D eigenvalue weighted by molar-refractivity contribution is 0.490. The molecule has 2 aromatic rings. The lowest BCUT2D eigenvalue weighted by Crippen LogP contribution is -2.25. The second-order valence-electron chi connectivity index (χ2n) is 5.83. The third-order valence-electron chi connectivity index (χ3n) is 4.71. The van der Waals surface area contributed by atoms with Crippen LogP contribution in [-0.2, 0) is 0 Å². The minimum absolute atomic E-state index is 0.320. The lowest BCUT2D eigenvalue weighted by atomic mass is 9.81. The number of aromatic nitrogens is 2. The van der Waals surface area contributed by atoms with E-state index in [-0.39, 0.29) is 5.92 Å². The summed E-state index contributed by atoms with van der Waals surface area (Å²) in [5.74, 6) is -0.320.